The number of fused-ring (bicyclic) bond motifs is 8. The smallest absolute Gasteiger partial charge is 0.0788 e. The van der Waals surface area contributed by atoms with Crippen LogP contribution in [0.2, 0.25) is 0 Å². The normalized spacial score (nSPS) is 13.1. The van der Waals surface area contributed by atoms with E-state index >= 15 is 0 Å². The number of hydrogen-bond donors (Lipinski definition) is 0. The molecule has 2 aromatic heterocycles. The van der Waals surface area contributed by atoms with Crippen molar-refractivity contribution in [3.8, 4) is 33.6 Å². The second-order valence-corrected chi connectivity index (χ2v) is 14.1. The molecular formula is C51H34N2. The zero-order chi connectivity index (χ0) is 34.9. The zero-order valence-corrected chi connectivity index (χ0v) is 29.0. The van der Waals surface area contributed by atoms with Crippen LogP contribution < -0.4 is 0 Å². The van der Waals surface area contributed by atoms with Crippen LogP contribution in [0.5, 0.6) is 0 Å². The van der Waals surface area contributed by atoms with Crippen molar-refractivity contribution in [1.29, 1.82) is 0 Å². The van der Waals surface area contributed by atoms with Crippen LogP contribution in [0.25, 0.3) is 66.3 Å². The minimum atomic E-state index is -0.435. The third-order valence-corrected chi connectivity index (χ3v) is 11.4. The van der Waals surface area contributed by atoms with Crippen molar-refractivity contribution in [1.82, 2.24) is 9.13 Å². The van der Waals surface area contributed by atoms with E-state index in [1.54, 1.807) is 0 Å². The monoisotopic (exact) mass is 674 g/mol. The lowest BCUT2D eigenvalue weighted by Crippen LogP contribution is -2.28. The quantitative estimate of drug-likeness (QED) is 0.172. The van der Waals surface area contributed by atoms with E-state index < -0.39 is 5.41 Å². The van der Waals surface area contributed by atoms with E-state index in [1.807, 2.05) is 0 Å². The molecule has 10 aromatic rings. The van der Waals surface area contributed by atoms with Crippen LogP contribution in [0.15, 0.2) is 206 Å². The molecule has 0 atom stereocenters. The van der Waals surface area contributed by atoms with Crippen LogP contribution in [0.3, 0.4) is 0 Å². The first-order valence-electron chi connectivity index (χ1n) is 18.4. The molecule has 0 radical (unpaired) electrons. The lowest BCUT2D eigenvalue weighted by Gasteiger charge is -2.34. The molecule has 11 rings (SSSR count). The number of nitrogens with zero attached hydrogens (tertiary/aromatic N) is 2. The second kappa shape index (κ2) is 11.6. The van der Waals surface area contributed by atoms with Crippen LogP contribution in [0.1, 0.15) is 22.3 Å². The Morgan fingerprint density at radius 1 is 0.377 bits per heavy atom. The zero-order valence-electron chi connectivity index (χ0n) is 29.0. The van der Waals surface area contributed by atoms with Gasteiger partial charge in [0.25, 0.3) is 0 Å². The Morgan fingerprint density at radius 2 is 1.02 bits per heavy atom. The lowest BCUT2D eigenvalue weighted by molar-refractivity contribution is 0.769. The molecule has 8 aromatic carbocycles. The summed E-state index contributed by atoms with van der Waals surface area (Å²) in [5, 5.41) is 3.73. The van der Waals surface area contributed by atoms with Crippen molar-refractivity contribution >= 4 is 32.7 Å². The number of para-hydroxylation sites is 2. The SMILES string of the molecule is c1ccc(-n2c3ccccc3c3ccc4ccn(-c5cccc(-c6ccc7c(c6)C(c6ccccc6)(c6ccccc6)c6ccccc6-7)c5)c4c32)cc1. The average Bonchev–Trinajstić information content (AvgIpc) is 3.91. The third kappa shape index (κ3) is 4.27. The largest absolute Gasteiger partial charge is 0.315 e. The highest BCUT2D eigenvalue weighted by atomic mass is 15.0. The molecule has 2 heterocycles. The molecule has 0 bridgehead atoms. The number of rotatable bonds is 5. The van der Waals surface area contributed by atoms with Crippen molar-refractivity contribution in [2.45, 2.75) is 5.41 Å². The fourth-order valence-electron chi connectivity index (χ4n) is 9.19. The highest BCUT2D eigenvalue weighted by Crippen LogP contribution is 2.56. The van der Waals surface area contributed by atoms with Gasteiger partial charge in [-0.05, 0) is 87.0 Å². The Hall–Kier alpha value is -6.90. The number of benzene rings is 8. The summed E-state index contributed by atoms with van der Waals surface area (Å²) in [6, 6.07) is 73.5. The first-order valence-corrected chi connectivity index (χ1v) is 18.4. The predicted octanol–water partition coefficient (Wildman–Crippen LogP) is 12.8. The van der Waals surface area contributed by atoms with E-state index in [-0.39, 0.29) is 0 Å². The van der Waals surface area contributed by atoms with Crippen molar-refractivity contribution in [2.24, 2.45) is 0 Å². The number of aromatic nitrogens is 2. The van der Waals surface area contributed by atoms with Gasteiger partial charge in [0.05, 0.1) is 22.0 Å². The molecule has 53 heavy (non-hydrogen) atoms. The second-order valence-electron chi connectivity index (χ2n) is 14.1. The van der Waals surface area contributed by atoms with Gasteiger partial charge in [0.1, 0.15) is 0 Å². The van der Waals surface area contributed by atoms with Crippen LogP contribution >= 0.6 is 0 Å². The fourth-order valence-corrected chi connectivity index (χ4v) is 9.19. The summed E-state index contributed by atoms with van der Waals surface area (Å²) in [5.41, 5.74) is 15.7. The minimum Gasteiger partial charge on any atom is -0.315 e. The molecule has 248 valence electrons. The standard InChI is InChI=1S/C51H34N2/c1-4-16-38(17-5-1)51(39-18-6-2-7-19-39)46-25-12-10-23-42(46)43-29-28-37(34-47(43)51)36-15-14-22-41(33-36)52-32-31-35-27-30-45-44-24-11-13-26-48(44)53(50(45)49(35)52)40-20-8-3-9-21-40/h1-34H. The van der Waals surface area contributed by atoms with Gasteiger partial charge in [0, 0.05) is 33.7 Å². The summed E-state index contributed by atoms with van der Waals surface area (Å²) < 4.78 is 4.80. The van der Waals surface area contributed by atoms with Crippen molar-refractivity contribution < 1.29 is 0 Å². The highest BCUT2D eigenvalue weighted by molar-refractivity contribution is 6.18. The van der Waals surface area contributed by atoms with E-state index in [4.69, 9.17) is 0 Å². The molecule has 0 fully saturated rings. The fraction of sp³-hybridized carbons (Fsp3) is 0.0196. The summed E-state index contributed by atoms with van der Waals surface area (Å²) >= 11 is 0. The van der Waals surface area contributed by atoms with E-state index in [9.17, 15) is 0 Å². The molecule has 0 N–H and O–H groups in total. The molecule has 0 saturated carbocycles. The molecule has 1 aliphatic rings. The van der Waals surface area contributed by atoms with Gasteiger partial charge in [-0.15, -0.1) is 0 Å². The van der Waals surface area contributed by atoms with Gasteiger partial charge in [-0.25, -0.2) is 0 Å². The van der Waals surface area contributed by atoms with Crippen LogP contribution in [-0.2, 0) is 5.41 Å². The van der Waals surface area contributed by atoms with Gasteiger partial charge < -0.3 is 9.13 Å². The van der Waals surface area contributed by atoms with Crippen molar-refractivity contribution in [3.05, 3.63) is 229 Å². The van der Waals surface area contributed by atoms with E-state index in [0.717, 1.165) is 11.4 Å². The van der Waals surface area contributed by atoms with Crippen LogP contribution in [0, 0.1) is 0 Å². The lowest BCUT2D eigenvalue weighted by atomic mass is 9.67. The van der Waals surface area contributed by atoms with Gasteiger partial charge in [-0.2, -0.15) is 0 Å². The molecule has 0 unspecified atom stereocenters. The molecule has 1 aliphatic carbocycles. The first-order chi connectivity index (χ1) is 26.3. The molecular weight excluding hydrogens is 641 g/mol. The maximum Gasteiger partial charge on any atom is 0.0788 e. The van der Waals surface area contributed by atoms with Crippen molar-refractivity contribution in [3.63, 3.8) is 0 Å². The van der Waals surface area contributed by atoms with Gasteiger partial charge >= 0.3 is 0 Å². The first kappa shape index (κ1) is 29.8. The summed E-state index contributed by atoms with van der Waals surface area (Å²) in [4.78, 5) is 0. The predicted molar refractivity (Wildman–Crippen MR) is 220 cm³/mol. The molecule has 0 aliphatic heterocycles. The van der Waals surface area contributed by atoms with E-state index in [1.165, 1.54) is 77.2 Å². The summed E-state index contributed by atoms with van der Waals surface area (Å²) in [5.74, 6) is 0. The average molecular weight is 675 g/mol. The third-order valence-electron chi connectivity index (χ3n) is 11.4. The molecule has 0 spiro atoms. The van der Waals surface area contributed by atoms with Crippen LogP contribution in [0.4, 0.5) is 0 Å². The Bertz CT molecular complexity index is 2950. The van der Waals surface area contributed by atoms with E-state index in [0.29, 0.717) is 0 Å². The van der Waals surface area contributed by atoms with Gasteiger partial charge in [-0.3, -0.25) is 0 Å². The minimum absolute atomic E-state index is 0.435. The Morgan fingerprint density at radius 3 is 1.81 bits per heavy atom. The van der Waals surface area contributed by atoms with Gasteiger partial charge in [0.15, 0.2) is 0 Å². The van der Waals surface area contributed by atoms with Gasteiger partial charge in [0.2, 0.25) is 0 Å². The van der Waals surface area contributed by atoms with E-state index in [2.05, 4.69) is 216 Å². The maximum atomic E-state index is 2.45. The summed E-state index contributed by atoms with van der Waals surface area (Å²) in [6.45, 7) is 0. The summed E-state index contributed by atoms with van der Waals surface area (Å²) in [7, 11) is 0. The summed E-state index contributed by atoms with van der Waals surface area (Å²) in [6.07, 6.45) is 2.23. The molecule has 2 heteroatoms. The topological polar surface area (TPSA) is 9.86 Å². The number of hydrogen-bond acceptors (Lipinski definition) is 0. The molecule has 2 nitrogen and oxygen atoms in total. The molecule has 0 amide bonds. The Balaban J connectivity index is 1.13. The highest BCUT2D eigenvalue weighted by Gasteiger charge is 2.46. The van der Waals surface area contributed by atoms with Crippen molar-refractivity contribution in [2.75, 3.05) is 0 Å². The molecule has 0 saturated heterocycles. The Labute approximate surface area is 308 Å². The Kier molecular flexibility index (Phi) is 6.50. The maximum absolute atomic E-state index is 2.45. The van der Waals surface area contributed by atoms with Gasteiger partial charge in [-0.1, -0.05) is 158 Å². The van der Waals surface area contributed by atoms with Crippen LogP contribution in [-0.4, -0.2) is 9.13 Å².